The van der Waals surface area contributed by atoms with Gasteiger partial charge in [-0.25, -0.2) is 4.98 Å². The number of nitrogens with one attached hydrogen (secondary N) is 2. The second-order valence-electron chi connectivity index (χ2n) is 4.96. The number of piperazine rings is 1. The third-order valence-corrected chi connectivity index (χ3v) is 3.93. The molecule has 1 aliphatic rings. The molecule has 2 N–H and O–H groups in total. The van der Waals surface area contributed by atoms with E-state index in [1.54, 1.807) is 12.1 Å². The van der Waals surface area contributed by atoms with E-state index in [2.05, 4.69) is 15.2 Å². The van der Waals surface area contributed by atoms with Gasteiger partial charge in [0, 0.05) is 6.07 Å². The van der Waals surface area contributed by atoms with Crippen molar-refractivity contribution in [3.05, 3.63) is 48.6 Å². The molecular weight excluding hydrogens is 300 g/mol. The monoisotopic (exact) mass is 317 g/mol. The summed E-state index contributed by atoms with van der Waals surface area (Å²) in [5, 5.41) is 3.15. The fraction of sp³-hybridized carbons (Fsp3) is 0.267. The molecule has 3 rings (SSSR count). The van der Waals surface area contributed by atoms with Gasteiger partial charge in [-0.05, 0) is 30.4 Å². The van der Waals surface area contributed by atoms with E-state index in [1.807, 2.05) is 29.3 Å². The first-order chi connectivity index (χ1) is 10.7. The highest BCUT2D eigenvalue weighted by Crippen LogP contribution is 2.10. The molecule has 0 saturated carbocycles. The molecule has 1 fully saturated rings. The zero-order valence-corrected chi connectivity index (χ0v) is 12.8. The molecule has 0 spiro atoms. The highest BCUT2D eigenvalue weighted by Gasteiger charge is 2.25. The van der Waals surface area contributed by atoms with Gasteiger partial charge in [-0.2, -0.15) is 0 Å². The summed E-state index contributed by atoms with van der Waals surface area (Å²) in [6, 6.07) is 9.30. The third-order valence-electron chi connectivity index (χ3n) is 3.57. The van der Waals surface area contributed by atoms with Crippen LogP contribution in [0.4, 0.5) is 5.82 Å². The van der Waals surface area contributed by atoms with Gasteiger partial charge in [0.15, 0.2) is 10.9 Å². The van der Waals surface area contributed by atoms with Gasteiger partial charge in [0.1, 0.15) is 13.1 Å². The van der Waals surface area contributed by atoms with Crippen molar-refractivity contribution < 1.29 is 14.2 Å². The van der Waals surface area contributed by atoms with Crippen molar-refractivity contribution in [2.75, 3.05) is 31.1 Å². The van der Waals surface area contributed by atoms with Gasteiger partial charge >= 0.3 is 0 Å². The van der Waals surface area contributed by atoms with Crippen molar-refractivity contribution >= 4 is 29.1 Å². The van der Waals surface area contributed by atoms with Gasteiger partial charge in [0.2, 0.25) is 0 Å². The standard InChI is InChI=1S/C15H16N4O2S/c20-14(12-4-3-11-21-12)17-15(22)19-9-7-18(8-10-19)13-5-1-2-6-16-13/h1-6,11H,7-10H2,(H,17,20,22)/p+1. The average molecular weight is 317 g/mol. The fourth-order valence-corrected chi connectivity index (χ4v) is 2.65. The number of pyridine rings is 1. The number of hydrogen-bond acceptors (Lipinski definition) is 4. The van der Waals surface area contributed by atoms with E-state index in [1.165, 1.54) is 6.26 Å². The zero-order chi connectivity index (χ0) is 15.4. The molecule has 0 aliphatic carbocycles. The van der Waals surface area contributed by atoms with Crippen molar-refractivity contribution in [2.24, 2.45) is 0 Å². The summed E-state index contributed by atoms with van der Waals surface area (Å²) in [7, 11) is 0. The Morgan fingerprint density at radius 1 is 1.18 bits per heavy atom. The van der Waals surface area contributed by atoms with Crippen molar-refractivity contribution in [1.82, 2.24) is 10.2 Å². The minimum absolute atomic E-state index is 0.264. The molecule has 0 radical (unpaired) electrons. The Hall–Kier alpha value is -2.41. The Morgan fingerprint density at radius 2 is 2.00 bits per heavy atom. The van der Waals surface area contributed by atoms with Crippen LogP contribution in [0.1, 0.15) is 10.6 Å². The van der Waals surface area contributed by atoms with Crippen LogP contribution in [-0.2, 0) is 0 Å². The second-order valence-corrected chi connectivity index (χ2v) is 5.35. The Balaban J connectivity index is 1.53. The molecule has 0 aromatic carbocycles. The van der Waals surface area contributed by atoms with Crippen molar-refractivity contribution in [3.63, 3.8) is 0 Å². The summed E-state index contributed by atoms with van der Waals surface area (Å²) in [6.45, 7) is 3.22. The number of amides is 1. The average Bonchev–Trinajstić information content (AvgIpc) is 3.10. The Labute approximate surface area is 133 Å². The quantitative estimate of drug-likeness (QED) is 0.835. The Kier molecular flexibility index (Phi) is 4.34. The summed E-state index contributed by atoms with van der Waals surface area (Å²) < 4.78 is 5.06. The Bertz CT molecular complexity index is 637. The minimum Gasteiger partial charge on any atom is -0.459 e. The van der Waals surface area contributed by atoms with Crippen LogP contribution in [0, 0.1) is 0 Å². The normalized spacial score (nSPS) is 14.7. The van der Waals surface area contributed by atoms with Crippen LogP contribution in [-0.4, -0.2) is 42.1 Å². The smallest absolute Gasteiger partial charge is 0.293 e. The lowest BCUT2D eigenvalue weighted by molar-refractivity contribution is -0.364. The molecule has 0 atom stereocenters. The number of furan rings is 1. The first kappa shape index (κ1) is 14.5. The van der Waals surface area contributed by atoms with Crippen LogP contribution in [0.2, 0.25) is 0 Å². The van der Waals surface area contributed by atoms with E-state index in [-0.39, 0.29) is 11.7 Å². The predicted molar refractivity (Wildman–Crippen MR) is 85.6 cm³/mol. The largest absolute Gasteiger partial charge is 0.459 e. The summed E-state index contributed by atoms with van der Waals surface area (Å²) >= 11 is 5.31. The van der Waals surface area contributed by atoms with Gasteiger partial charge in [-0.15, -0.1) is 0 Å². The molecule has 0 unspecified atom stereocenters. The number of carbonyl (C=O) groups excluding carboxylic acids is 1. The van der Waals surface area contributed by atoms with Crippen molar-refractivity contribution in [1.29, 1.82) is 0 Å². The maximum absolute atomic E-state index is 11.9. The molecular formula is C15H17N4O2S+. The molecule has 1 aliphatic heterocycles. The maximum Gasteiger partial charge on any atom is 0.293 e. The molecule has 114 valence electrons. The highest BCUT2D eigenvalue weighted by atomic mass is 32.1. The molecule has 6 nitrogen and oxygen atoms in total. The number of aromatic nitrogens is 1. The van der Waals surface area contributed by atoms with Crippen molar-refractivity contribution in [3.8, 4) is 0 Å². The first-order valence-electron chi connectivity index (χ1n) is 7.09. The topological polar surface area (TPSA) is 62.9 Å². The molecule has 1 amide bonds. The summed E-state index contributed by atoms with van der Waals surface area (Å²) in [4.78, 5) is 19.4. The van der Waals surface area contributed by atoms with Gasteiger partial charge in [-0.3, -0.25) is 15.0 Å². The summed E-state index contributed by atoms with van der Waals surface area (Å²) in [5.74, 6) is 1.04. The van der Waals surface area contributed by atoms with E-state index < -0.39 is 0 Å². The van der Waals surface area contributed by atoms with Gasteiger partial charge in [0.05, 0.1) is 25.5 Å². The van der Waals surface area contributed by atoms with Crippen molar-refractivity contribution in [2.45, 2.75) is 0 Å². The highest BCUT2D eigenvalue weighted by molar-refractivity contribution is 7.80. The maximum atomic E-state index is 11.9. The number of thiocarbonyl (C=S) groups is 1. The van der Waals surface area contributed by atoms with Gasteiger partial charge in [-0.1, -0.05) is 6.07 Å². The second kappa shape index (κ2) is 6.57. The third kappa shape index (κ3) is 3.25. The van der Waals surface area contributed by atoms with Crippen LogP contribution >= 0.6 is 12.2 Å². The van der Waals surface area contributed by atoms with E-state index in [4.69, 9.17) is 16.6 Å². The lowest BCUT2D eigenvalue weighted by Crippen LogP contribution is -2.53. The van der Waals surface area contributed by atoms with Crippen LogP contribution < -0.4 is 15.2 Å². The number of carbonyl (C=O) groups is 1. The van der Waals surface area contributed by atoms with Gasteiger partial charge in [0.25, 0.3) is 11.7 Å². The fourth-order valence-electron chi connectivity index (χ4n) is 2.38. The van der Waals surface area contributed by atoms with Crippen LogP contribution in [0.25, 0.3) is 0 Å². The van der Waals surface area contributed by atoms with Crippen LogP contribution in [0.15, 0.2) is 47.2 Å². The van der Waals surface area contributed by atoms with Crippen LogP contribution in [0.3, 0.4) is 0 Å². The van der Waals surface area contributed by atoms with E-state index >= 15 is 0 Å². The van der Waals surface area contributed by atoms with E-state index in [0.717, 1.165) is 32.0 Å². The molecule has 7 heteroatoms. The predicted octanol–water partition coefficient (Wildman–Crippen LogP) is 0.931. The molecule has 0 bridgehead atoms. The first-order valence-corrected chi connectivity index (χ1v) is 7.50. The number of H-pyrrole nitrogens is 1. The summed E-state index contributed by atoms with van der Waals surface area (Å²) in [5.41, 5.74) is 0. The lowest BCUT2D eigenvalue weighted by atomic mass is 10.3. The zero-order valence-electron chi connectivity index (χ0n) is 12.0. The SMILES string of the molecule is O=C(NC(=S)N1CCN(c2cccc[nH+]2)CC1)c1ccco1. The number of anilines is 1. The number of aromatic amines is 1. The Morgan fingerprint density at radius 3 is 2.64 bits per heavy atom. The molecule has 2 aromatic rings. The molecule has 2 aromatic heterocycles. The minimum atomic E-state index is -0.311. The number of nitrogens with zero attached hydrogens (tertiary/aromatic N) is 2. The molecule has 3 heterocycles. The number of rotatable bonds is 2. The van der Waals surface area contributed by atoms with E-state index in [9.17, 15) is 4.79 Å². The van der Waals surface area contributed by atoms with Crippen LogP contribution in [0.5, 0.6) is 0 Å². The van der Waals surface area contributed by atoms with E-state index in [0.29, 0.717) is 5.11 Å². The summed E-state index contributed by atoms with van der Waals surface area (Å²) in [6.07, 6.45) is 3.38. The molecule has 1 saturated heterocycles. The molecule has 22 heavy (non-hydrogen) atoms. The lowest BCUT2D eigenvalue weighted by Gasteiger charge is -2.32. The van der Waals surface area contributed by atoms with Gasteiger partial charge < -0.3 is 9.32 Å². The number of hydrogen-bond donors (Lipinski definition) is 1.